The van der Waals surface area contributed by atoms with Crippen LogP contribution in [0.25, 0.3) is 16.7 Å². The van der Waals surface area contributed by atoms with Crippen LogP contribution < -0.4 is 10.9 Å². The van der Waals surface area contributed by atoms with Crippen LogP contribution in [0.2, 0.25) is 0 Å². The monoisotopic (exact) mass is 347 g/mol. The summed E-state index contributed by atoms with van der Waals surface area (Å²) in [5, 5.41) is 8.49. The highest BCUT2D eigenvalue weighted by molar-refractivity contribution is 5.81. The van der Waals surface area contributed by atoms with E-state index < -0.39 is 0 Å². The number of aryl methyl sites for hydroxylation is 2. The summed E-state index contributed by atoms with van der Waals surface area (Å²) >= 11 is 0. The minimum atomic E-state index is -0.0485. The Bertz CT molecular complexity index is 1140. The van der Waals surface area contributed by atoms with E-state index in [1.807, 2.05) is 56.3 Å². The number of para-hydroxylation sites is 1. The molecule has 0 saturated carbocycles. The Hall–Kier alpha value is -3.15. The first kappa shape index (κ1) is 16.3. The summed E-state index contributed by atoms with van der Waals surface area (Å²) in [7, 11) is 0. The maximum atomic E-state index is 13.2. The molecule has 0 aliphatic rings. The van der Waals surface area contributed by atoms with Crippen LogP contribution in [0, 0.1) is 6.92 Å². The molecule has 3 heterocycles. The summed E-state index contributed by atoms with van der Waals surface area (Å²) in [6, 6.07) is 13.8. The third-order valence-electron chi connectivity index (χ3n) is 4.66. The van der Waals surface area contributed by atoms with E-state index in [1.165, 1.54) is 0 Å². The van der Waals surface area contributed by atoms with Gasteiger partial charge in [-0.1, -0.05) is 18.2 Å². The molecular weight excluding hydrogens is 326 g/mol. The van der Waals surface area contributed by atoms with Crippen LogP contribution in [-0.4, -0.2) is 19.2 Å². The second-order valence-electron chi connectivity index (χ2n) is 6.43. The van der Waals surface area contributed by atoms with Gasteiger partial charge in [0.1, 0.15) is 5.65 Å². The zero-order valence-corrected chi connectivity index (χ0v) is 15.1. The van der Waals surface area contributed by atoms with Crippen LogP contribution in [0.4, 0.5) is 5.69 Å². The Labute approximate surface area is 151 Å². The van der Waals surface area contributed by atoms with Crippen LogP contribution in [0.3, 0.4) is 0 Å². The number of nitrogens with zero attached hydrogens (tertiary/aromatic N) is 4. The first-order valence-corrected chi connectivity index (χ1v) is 8.79. The summed E-state index contributed by atoms with van der Waals surface area (Å²) < 4.78 is 3.50. The van der Waals surface area contributed by atoms with E-state index in [4.69, 9.17) is 0 Å². The number of nitrogens with one attached hydrogen (secondary N) is 1. The van der Waals surface area contributed by atoms with Crippen molar-refractivity contribution < 1.29 is 0 Å². The van der Waals surface area contributed by atoms with Gasteiger partial charge >= 0.3 is 0 Å². The van der Waals surface area contributed by atoms with Crippen molar-refractivity contribution >= 4 is 22.4 Å². The molecule has 4 rings (SSSR count). The lowest BCUT2D eigenvalue weighted by molar-refractivity contribution is 0.732. The number of benzene rings is 1. The van der Waals surface area contributed by atoms with Crippen LogP contribution in [0.1, 0.15) is 31.1 Å². The smallest absolute Gasteiger partial charge is 0.263 e. The average Bonchev–Trinajstić information content (AvgIpc) is 3.12. The lowest BCUT2D eigenvalue weighted by Crippen LogP contribution is -2.25. The molecule has 0 aliphatic heterocycles. The minimum absolute atomic E-state index is 0.0280. The van der Waals surface area contributed by atoms with Crippen molar-refractivity contribution in [2.24, 2.45) is 0 Å². The van der Waals surface area contributed by atoms with E-state index in [2.05, 4.69) is 22.3 Å². The number of fused-ring (bicyclic) bond motifs is 3. The third kappa shape index (κ3) is 2.54. The molecule has 1 aromatic carbocycles. The highest BCUT2D eigenvalue weighted by Crippen LogP contribution is 2.25. The maximum absolute atomic E-state index is 13.2. The second-order valence-corrected chi connectivity index (χ2v) is 6.43. The standard InChI is InChI=1S/C20H21N5O/c1-4-24-17-10-11-21-25(17)19-18(20(24)26)16(12-13(2)22-19)14(3)23-15-8-6-5-7-9-15/h5-12,14,23H,4H2,1-3H3. The molecule has 0 bridgehead atoms. The Morgan fingerprint density at radius 2 is 1.96 bits per heavy atom. The Morgan fingerprint density at radius 1 is 1.19 bits per heavy atom. The van der Waals surface area contributed by atoms with Gasteiger partial charge in [-0.2, -0.15) is 9.61 Å². The predicted molar refractivity (Wildman–Crippen MR) is 104 cm³/mol. The zero-order valence-electron chi connectivity index (χ0n) is 15.1. The first-order valence-electron chi connectivity index (χ1n) is 8.79. The fourth-order valence-corrected chi connectivity index (χ4v) is 3.47. The number of rotatable bonds is 4. The summed E-state index contributed by atoms with van der Waals surface area (Å²) in [6.07, 6.45) is 1.70. The molecule has 0 saturated heterocycles. The average molecular weight is 347 g/mol. The van der Waals surface area contributed by atoms with E-state index in [0.717, 1.165) is 22.6 Å². The molecule has 132 valence electrons. The Kier molecular flexibility index (Phi) is 3.95. The van der Waals surface area contributed by atoms with Crippen LogP contribution in [-0.2, 0) is 6.54 Å². The molecule has 0 radical (unpaired) electrons. The van der Waals surface area contributed by atoms with Gasteiger partial charge in [-0.25, -0.2) is 4.98 Å². The molecule has 6 heteroatoms. The van der Waals surface area contributed by atoms with Gasteiger partial charge in [0.15, 0.2) is 5.65 Å². The first-order chi connectivity index (χ1) is 12.6. The topological polar surface area (TPSA) is 64.2 Å². The number of hydrogen-bond acceptors (Lipinski definition) is 4. The molecule has 1 N–H and O–H groups in total. The van der Waals surface area contributed by atoms with Gasteiger partial charge in [0.25, 0.3) is 5.56 Å². The molecular formula is C20H21N5O. The molecule has 4 aromatic rings. The predicted octanol–water partition coefficient (Wildman–Crippen LogP) is 3.55. The van der Waals surface area contributed by atoms with E-state index >= 15 is 0 Å². The zero-order chi connectivity index (χ0) is 18.3. The van der Waals surface area contributed by atoms with Crippen LogP contribution >= 0.6 is 0 Å². The molecule has 1 unspecified atom stereocenters. The molecule has 0 fully saturated rings. The molecule has 0 aliphatic carbocycles. The van der Waals surface area contributed by atoms with Gasteiger partial charge in [0, 0.05) is 30.0 Å². The SMILES string of the molecule is CCn1c(=O)c2c(C(C)Nc3ccccc3)cc(C)nc2n2nccc12. The maximum Gasteiger partial charge on any atom is 0.263 e. The van der Waals surface area contributed by atoms with Gasteiger partial charge in [0.2, 0.25) is 0 Å². The summed E-state index contributed by atoms with van der Waals surface area (Å²) in [4.78, 5) is 17.8. The summed E-state index contributed by atoms with van der Waals surface area (Å²) in [5.74, 6) is 0. The van der Waals surface area contributed by atoms with Crippen molar-refractivity contribution in [1.29, 1.82) is 0 Å². The minimum Gasteiger partial charge on any atom is -0.378 e. The fourth-order valence-electron chi connectivity index (χ4n) is 3.47. The number of pyridine rings is 1. The molecule has 3 aromatic heterocycles. The third-order valence-corrected chi connectivity index (χ3v) is 4.66. The Balaban J connectivity index is 1.98. The van der Waals surface area contributed by atoms with Crippen molar-refractivity contribution in [1.82, 2.24) is 19.2 Å². The van der Waals surface area contributed by atoms with Gasteiger partial charge in [0.05, 0.1) is 11.6 Å². The van der Waals surface area contributed by atoms with E-state index in [-0.39, 0.29) is 11.6 Å². The quantitative estimate of drug-likeness (QED) is 0.613. The van der Waals surface area contributed by atoms with Crippen molar-refractivity contribution in [3.05, 3.63) is 70.3 Å². The summed E-state index contributed by atoms with van der Waals surface area (Å²) in [6.45, 7) is 6.55. The van der Waals surface area contributed by atoms with Crippen LogP contribution in [0.5, 0.6) is 0 Å². The molecule has 1 atom stereocenters. The van der Waals surface area contributed by atoms with Gasteiger partial charge in [-0.15, -0.1) is 0 Å². The van der Waals surface area contributed by atoms with Crippen molar-refractivity contribution in [2.75, 3.05) is 5.32 Å². The second kappa shape index (κ2) is 6.29. The number of anilines is 1. The highest BCUT2D eigenvalue weighted by atomic mass is 16.1. The van der Waals surface area contributed by atoms with E-state index in [1.54, 1.807) is 15.3 Å². The molecule has 26 heavy (non-hydrogen) atoms. The lowest BCUT2D eigenvalue weighted by atomic mass is 10.0. The summed E-state index contributed by atoms with van der Waals surface area (Å²) in [5.41, 5.74) is 4.15. The number of aromatic nitrogens is 4. The molecule has 6 nitrogen and oxygen atoms in total. The fraction of sp³-hybridized carbons (Fsp3) is 0.250. The van der Waals surface area contributed by atoms with Crippen molar-refractivity contribution in [3.63, 3.8) is 0 Å². The van der Waals surface area contributed by atoms with Crippen molar-refractivity contribution in [2.45, 2.75) is 33.4 Å². The molecule has 0 spiro atoms. The van der Waals surface area contributed by atoms with Gasteiger partial charge in [-0.05, 0) is 44.5 Å². The van der Waals surface area contributed by atoms with Gasteiger partial charge < -0.3 is 5.32 Å². The largest absolute Gasteiger partial charge is 0.378 e. The molecule has 0 amide bonds. The van der Waals surface area contributed by atoms with Crippen molar-refractivity contribution in [3.8, 4) is 0 Å². The normalized spacial score (nSPS) is 12.6. The number of hydrogen-bond donors (Lipinski definition) is 1. The Morgan fingerprint density at radius 3 is 2.69 bits per heavy atom. The van der Waals surface area contributed by atoms with Gasteiger partial charge in [-0.3, -0.25) is 9.36 Å². The van der Waals surface area contributed by atoms with E-state index in [0.29, 0.717) is 17.6 Å². The highest BCUT2D eigenvalue weighted by Gasteiger charge is 2.19. The van der Waals surface area contributed by atoms with Crippen LogP contribution in [0.15, 0.2) is 53.5 Å². The lowest BCUT2D eigenvalue weighted by Gasteiger charge is -2.19. The van der Waals surface area contributed by atoms with E-state index in [9.17, 15) is 4.79 Å².